The zero-order valence-corrected chi connectivity index (χ0v) is 13.4. The average Bonchev–Trinajstić information content (AvgIpc) is 2.38. The van der Waals surface area contributed by atoms with Gasteiger partial charge in [-0.1, -0.05) is 11.6 Å². The Morgan fingerprint density at radius 1 is 1.33 bits per heavy atom. The monoisotopic (exact) mass is 312 g/mol. The van der Waals surface area contributed by atoms with Gasteiger partial charge >= 0.3 is 6.09 Å². The molecule has 116 valence electrons. The Balaban J connectivity index is 1.80. The van der Waals surface area contributed by atoms with Gasteiger partial charge < -0.3 is 15.0 Å². The predicted octanol–water partition coefficient (Wildman–Crippen LogP) is 2.62. The molecule has 21 heavy (non-hydrogen) atoms. The van der Waals surface area contributed by atoms with E-state index in [1.807, 2.05) is 26.8 Å². The highest BCUT2D eigenvalue weighted by Crippen LogP contribution is 2.18. The lowest BCUT2D eigenvalue weighted by Gasteiger charge is -2.33. The molecule has 0 aliphatic carbocycles. The summed E-state index contributed by atoms with van der Waals surface area (Å²) in [5.74, 6) is 0.815. The maximum Gasteiger partial charge on any atom is 0.407 e. The van der Waals surface area contributed by atoms with Crippen molar-refractivity contribution in [1.82, 2.24) is 15.5 Å². The van der Waals surface area contributed by atoms with Gasteiger partial charge in [0.2, 0.25) is 0 Å². The minimum atomic E-state index is -0.469. The lowest BCUT2D eigenvalue weighted by molar-refractivity contribution is 0.0497. The first-order valence-electron chi connectivity index (χ1n) is 7.07. The van der Waals surface area contributed by atoms with E-state index in [4.69, 9.17) is 16.3 Å². The van der Waals surface area contributed by atoms with E-state index in [0.29, 0.717) is 5.15 Å². The van der Waals surface area contributed by atoms with E-state index in [1.54, 1.807) is 6.07 Å². The largest absolute Gasteiger partial charge is 0.444 e. The molecule has 2 heterocycles. The van der Waals surface area contributed by atoms with Crippen LogP contribution in [0.4, 0.5) is 10.6 Å². The van der Waals surface area contributed by atoms with Crippen molar-refractivity contribution < 1.29 is 9.53 Å². The van der Waals surface area contributed by atoms with Crippen molar-refractivity contribution in [2.24, 2.45) is 0 Å². The molecule has 0 unspecified atom stereocenters. The Hall–Kier alpha value is -1.56. The fourth-order valence-electron chi connectivity index (χ4n) is 2.20. The third-order valence-electron chi connectivity index (χ3n) is 3.16. The van der Waals surface area contributed by atoms with Crippen LogP contribution in [-0.2, 0) is 4.74 Å². The van der Waals surface area contributed by atoms with Crippen molar-refractivity contribution in [3.63, 3.8) is 0 Å². The highest BCUT2D eigenvalue weighted by Gasteiger charge is 2.24. The number of nitrogens with one attached hydrogen (secondary N) is 1. The summed E-state index contributed by atoms with van der Waals surface area (Å²) >= 11 is 5.73. The number of nitrogens with zero attached hydrogens (tertiary/aromatic N) is 3. The summed E-state index contributed by atoms with van der Waals surface area (Å²) < 4.78 is 5.26. The molecule has 7 heteroatoms. The SMILES string of the molecule is CC(C)(C)OC(=O)NC1CCN(c2ccc(Cl)nn2)CC1. The molecule has 1 N–H and O–H groups in total. The normalized spacial score (nSPS) is 16.7. The van der Waals surface area contributed by atoms with Crippen molar-refractivity contribution >= 4 is 23.5 Å². The van der Waals surface area contributed by atoms with Crippen LogP contribution in [0.5, 0.6) is 0 Å². The molecule has 1 aliphatic heterocycles. The van der Waals surface area contributed by atoms with Gasteiger partial charge in [0.1, 0.15) is 5.60 Å². The van der Waals surface area contributed by atoms with Crippen LogP contribution in [0.1, 0.15) is 33.6 Å². The minimum Gasteiger partial charge on any atom is -0.444 e. The molecule has 2 rings (SSSR count). The summed E-state index contributed by atoms with van der Waals surface area (Å²) in [7, 11) is 0. The zero-order chi connectivity index (χ0) is 15.5. The molecule has 6 nitrogen and oxygen atoms in total. The molecular formula is C14H21ClN4O2. The van der Waals surface area contributed by atoms with Gasteiger partial charge in [-0.15, -0.1) is 10.2 Å². The van der Waals surface area contributed by atoms with Crippen LogP contribution in [0, 0.1) is 0 Å². The highest BCUT2D eigenvalue weighted by molar-refractivity contribution is 6.29. The van der Waals surface area contributed by atoms with Crippen molar-refractivity contribution in [3.05, 3.63) is 17.3 Å². The van der Waals surface area contributed by atoms with Crippen LogP contribution in [-0.4, -0.2) is 41.0 Å². The van der Waals surface area contributed by atoms with E-state index in [-0.39, 0.29) is 12.1 Å². The summed E-state index contributed by atoms with van der Waals surface area (Å²) in [6, 6.07) is 3.72. The number of piperidine rings is 1. The average molecular weight is 313 g/mol. The number of ether oxygens (including phenoxy) is 1. The molecule has 1 aliphatic rings. The maximum absolute atomic E-state index is 11.7. The second-order valence-electron chi connectivity index (χ2n) is 6.12. The van der Waals surface area contributed by atoms with E-state index in [2.05, 4.69) is 20.4 Å². The molecule has 1 saturated heterocycles. The standard InChI is InChI=1S/C14H21ClN4O2/c1-14(2,3)21-13(20)16-10-6-8-19(9-7-10)12-5-4-11(15)17-18-12/h4-5,10H,6-9H2,1-3H3,(H,16,20). The van der Waals surface area contributed by atoms with Gasteiger partial charge in [-0.2, -0.15) is 0 Å². The number of halogens is 1. The summed E-state index contributed by atoms with van der Waals surface area (Å²) in [6.07, 6.45) is 1.35. The zero-order valence-electron chi connectivity index (χ0n) is 12.6. The lowest BCUT2D eigenvalue weighted by Crippen LogP contribution is -2.46. The van der Waals surface area contributed by atoms with Crippen molar-refractivity contribution in [1.29, 1.82) is 0 Å². The number of alkyl carbamates (subject to hydrolysis) is 1. The van der Waals surface area contributed by atoms with Crippen LogP contribution in [0.2, 0.25) is 5.15 Å². The van der Waals surface area contributed by atoms with Gasteiger partial charge in [-0.05, 0) is 45.7 Å². The van der Waals surface area contributed by atoms with E-state index in [1.165, 1.54) is 0 Å². The summed E-state index contributed by atoms with van der Waals surface area (Å²) in [6.45, 7) is 7.20. The molecule has 0 aromatic carbocycles. The minimum absolute atomic E-state index is 0.136. The fraction of sp³-hybridized carbons (Fsp3) is 0.643. The van der Waals surface area contributed by atoms with Crippen LogP contribution in [0.25, 0.3) is 0 Å². The maximum atomic E-state index is 11.7. The number of hydrogen-bond donors (Lipinski definition) is 1. The first-order chi connectivity index (χ1) is 9.83. The van der Waals surface area contributed by atoms with Gasteiger partial charge in [-0.25, -0.2) is 4.79 Å². The molecule has 0 saturated carbocycles. The van der Waals surface area contributed by atoms with Crippen molar-refractivity contribution in [2.75, 3.05) is 18.0 Å². The van der Waals surface area contributed by atoms with Crippen LogP contribution >= 0.6 is 11.6 Å². The Kier molecular flexibility index (Phi) is 4.88. The number of anilines is 1. The lowest BCUT2D eigenvalue weighted by atomic mass is 10.1. The molecule has 0 spiro atoms. The summed E-state index contributed by atoms with van der Waals surface area (Å²) in [5.41, 5.74) is -0.469. The molecule has 1 amide bonds. The molecule has 1 aromatic heterocycles. The summed E-state index contributed by atoms with van der Waals surface area (Å²) in [4.78, 5) is 13.9. The van der Waals surface area contributed by atoms with Gasteiger partial charge in [0.25, 0.3) is 0 Å². The Bertz CT molecular complexity index is 479. The molecular weight excluding hydrogens is 292 g/mol. The number of aromatic nitrogens is 2. The number of amides is 1. The number of carbonyl (C=O) groups is 1. The van der Waals surface area contributed by atoms with Crippen molar-refractivity contribution in [3.8, 4) is 0 Å². The Morgan fingerprint density at radius 3 is 2.52 bits per heavy atom. The molecule has 0 bridgehead atoms. The third-order valence-corrected chi connectivity index (χ3v) is 3.36. The number of carbonyl (C=O) groups excluding carboxylic acids is 1. The quantitative estimate of drug-likeness (QED) is 0.909. The van der Waals surface area contributed by atoms with E-state index in [9.17, 15) is 4.79 Å². The van der Waals surface area contributed by atoms with Crippen LogP contribution in [0.15, 0.2) is 12.1 Å². The smallest absolute Gasteiger partial charge is 0.407 e. The van der Waals surface area contributed by atoms with Gasteiger partial charge in [0, 0.05) is 19.1 Å². The molecule has 0 atom stereocenters. The first kappa shape index (κ1) is 15.8. The Labute approximate surface area is 129 Å². The van der Waals surface area contributed by atoms with Crippen LogP contribution in [0.3, 0.4) is 0 Å². The summed E-state index contributed by atoms with van der Waals surface area (Å²) in [5, 5.41) is 11.2. The predicted molar refractivity (Wildman–Crippen MR) is 81.6 cm³/mol. The van der Waals surface area contributed by atoms with Gasteiger partial charge in [0.15, 0.2) is 11.0 Å². The van der Waals surface area contributed by atoms with Gasteiger partial charge in [-0.3, -0.25) is 0 Å². The fourth-order valence-corrected chi connectivity index (χ4v) is 2.31. The second kappa shape index (κ2) is 6.47. The van der Waals surface area contributed by atoms with Crippen LogP contribution < -0.4 is 10.2 Å². The molecule has 1 fully saturated rings. The number of rotatable bonds is 2. The Morgan fingerprint density at radius 2 is 2.00 bits per heavy atom. The van der Waals surface area contributed by atoms with E-state index >= 15 is 0 Å². The van der Waals surface area contributed by atoms with E-state index in [0.717, 1.165) is 31.7 Å². The molecule has 1 aromatic rings. The van der Waals surface area contributed by atoms with E-state index < -0.39 is 5.60 Å². The molecule has 0 radical (unpaired) electrons. The van der Waals surface area contributed by atoms with Gasteiger partial charge in [0.05, 0.1) is 0 Å². The topological polar surface area (TPSA) is 67.3 Å². The third kappa shape index (κ3) is 5.04. The highest BCUT2D eigenvalue weighted by atomic mass is 35.5. The number of hydrogen-bond acceptors (Lipinski definition) is 5. The second-order valence-corrected chi connectivity index (χ2v) is 6.51. The first-order valence-corrected chi connectivity index (χ1v) is 7.45. The van der Waals surface area contributed by atoms with Crippen molar-refractivity contribution in [2.45, 2.75) is 45.3 Å².